The number of nitrogens with two attached hydrogens (primary N) is 1. The predicted molar refractivity (Wildman–Crippen MR) is 64.2 cm³/mol. The number of nitrogens with zero attached hydrogens (tertiary/aromatic N) is 2. The number of nitrogen functional groups attached to an aromatic ring is 1. The maximum atomic E-state index is 11.9. The van der Waals surface area contributed by atoms with E-state index < -0.39 is 16.5 Å². The summed E-state index contributed by atoms with van der Waals surface area (Å²) < 4.78 is 0. The van der Waals surface area contributed by atoms with Gasteiger partial charge in [0, 0.05) is 13.0 Å². The van der Waals surface area contributed by atoms with E-state index in [1.807, 2.05) is 0 Å². The molecule has 1 fully saturated rings. The number of hydrogen-bond acceptors (Lipinski definition) is 6. The van der Waals surface area contributed by atoms with Crippen molar-refractivity contribution in [1.29, 1.82) is 0 Å². The van der Waals surface area contributed by atoms with Crippen LogP contribution in [0.2, 0.25) is 0 Å². The second kappa shape index (κ2) is 4.88. The predicted octanol–water partition coefficient (Wildman–Crippen LogP) is -0.810. The number of anilines is 1. The first kappa shape index (κ1) is 12.7. The van der Waals surface area contributed by atoms with E-state index in [1.165, 1.54) is 0 Å². The van der Waals surface area contributed by atoms with Crippen molar-refractivity contribution in [3.05, 3.63) is 27.9 Å². The highest BCUT2D eigenvalue weighted by Crippen LogP contribution is 2.19. The molecule has 2 amide bonds. The van der Waals surface area contributed by atoms with Crippen LogP contribution in [0.1, 0.15) is 16.8 Å². The number of pyridine rings is 1. The van der Waals surface area contributed by atoms with Crippen LogP contribution in [0, 0.1) is 10.1 Å². The van der Waals surface area contributed by atoms with Gasteiger partial charge in [0.25, 0.3) is 11.6 Å². The smallest absolute Gasteiger partial charge is 0.300 e. The maximum absolute atomic E-state index is 11.9. The monoisotopic (exact) mass is 265 g/mol. The van der Waals surface area contributed by atoms with Crippen LogP contribution in [0.5, 0.6) is 0 Å². The van der Waals surface area contributed by atoms with E-state index >= 15 is 0 Å². The van der Waals surface area contributed by atoms with Crippen LogP contribution in [-0.4, -0.2) is 34.3 Å². The van der Waals surface area contributed by atoms with E-state index in [1.54, 1.807) is 0 Å². The lowest BCUT2D eigenvalue weighted by molar-refractivity contribution is -0.385. The summed E-state index contributed by atoms with van der Waals surface area (Å²) in [7, 11) is 0. The van der Waals surface area contributed by atoms with Crippen molar-refractivity contribution in [1.82, 2.24) is 15.6 Å². The molecule has 2 rings (SSSR count). The lowest BCUT2D eigenvalue weighted by atomic mass is 10.2. The highest BCUT2D eigenvalue weighted by molar-refractivity contribution is 5.99. The van der Waals surface area contributed by atoms with Crippen LogP contribution in [0.4, 0.5) is 11.5 Å². The number of carbonyl (C=O) groups excluding carboxylic acids is 2. The average molecular weight is 265 g/mol. The molecule has 1 atom stereocenters. The molecule has 0 saturated carbocycles. The standard InChI is InChI=1S/C10H11N5O4/c11-8-2-6(7(4-12-8)15(18)19)10(17)14-5-1-9(16)13-3-5/h2,4-5H,1,3H2,(H2,11,12)(H,13,16)(H,14,17). The topological polar surface area (TPSA) is 140 Å². The van der Waals surface area contributed by atoms with E-state index in [-0.39, 0.29) is 29.8 Å². The normalized spacial score (nSPS) is 17.9. The fraction of sp³-hybridized carbons (Fsp3) is 0.300. The minimum atomic E-state index is -0.709. The van der Waals surface area contributed by atoms with Gasteiger partial charge in [-0.3, -0.25) is 19.7 Å². The summed E-state index contributed by atoms with van der Waals surface area (Å²) in [6.07, 6.45) is 1.09. The maximum Gasteiger partial charge on any atom is 0.300 e. The number of carbonyl (C=O) groups is 2. The van der Waals surface area contributed by atoms with Crippen molar-refractivity contribution in [3.8, 4) is 0 Å². The van der Waals surface area contributed by atoms with Crippen LogP contribution in [0.3, 0.4) is 0 Å². The van der Waals surface area contributed by atoms with Gasteiger partial charge in [-0.25, -0.2) is 4.98 Å². The first-order valence-electron chi connectivity index (χ1n) is 5.45. The third-order valence-electron chi connectivity index (χ3n) is 2.66. The lowest BCUT2D eigenvalue weighted by Crippen LogP contribution is -2.36. The molecular weight excluding hydrogens is 254 g/mol. The SMILES string of the molecule is Nc1cc(C(=O)NC2CNC(=O)C2)c([N+](=O)[O-])cn1. The summed E-state index contributed by atoms with van der Waals surface area (Å²) in [6.45, 7) is 0.305. The molecule has 4 N–H and O–H groups in total. The van der Waals surface area contributed by atoms with Gasteiger partial charge < -0.3 is 16.4 Å². The molecule has 2 heterocycles. The first-order valence-corrected chi connectivity index (χ1v) is 5.45. The highest BCUT2D eigenvalue weighted by atomic mass is 16.6. The van der Waals surface area contributed by atoms with Crippen molar-refractivity contribution in [2.24, 2.45) is 0 Å². The van der Waals surface area contributed by atoms with Crippen molar-refractivity contribution in [2.75, 3.05) is 12.3 Å². The second-order valence-electron chi connectivity index (χ2n) is 4.06. The quantitative estimate of drug-likeness (QED) is 0.482. The van der Waals surface area contributed by atoms with Crippen molar-refractivity contribution < 1.29 is 14.5 Å². The molecule has 9 nitrogen and oxygen atoms in total. The average Bonchev–Trinajstić information content (AvgIpc) is 2.74. The minimum Gasteiger partial charge on any atom is -0.384 e. The summed E-state index contributed by atoms with van der Waals surface area (Å²) in [4.78, 5) is 36.6. The Morgan fingerprint density at radius 3 is 2.95 bits per heavy atom. The Morgan fingerprint density at radius 1 is 1.63 bits per heavy atom. The molecule has 9 heteroatoms. The molecular formula is C10H11N5O4. The van der Waals surface area contributed by atoms with Crippen LogP contribution in [0.15, 0.2) is 12.3 Å². The largest absolute Gasteiger partial charge is 0.384 e. The zero-order valence-corrected chi connectivity index (χ0v) is 9.75. The van der Waals surface area contributed by atoms with Gasteiger partial charge in [-0.1, -0.05) is 0 Å². The molecule has 0 spiro atoms. The Bertz CT molecular complexity index is 559. The highest BCUT2D eigenvalue weighted by Gasteiger charge is 2.27. The lowest BCUT2D eigenvalue weighted by Gasteiger charge is -2.10. The van der Waals surface area contributed by atoms with E-state index in [9.17, 15) is 19.7 Å². The zero-order chi connectivity index (χ0) is 14.0. The van der Waals surface area contributed by atoms with Crippen LogP contribution < -0.4 is 16.4 Å². The van der Waals surface area contributed by atoms with E-state index in [2.05, 4.69) is 15.6 Å². The summed E-state index contributed by atoms with van der Waals surface area (Å²) in [5.74, 6) is -0.812. The van der Waals surface area contributed by atoms with Gasteiger partial charge >= 0.3 is 0 Å². The molecule has 1 unspecified atom stereocenters. The molecule has 1 saturated heterocycles. The molecule has 100 valence electrons. The Kier molecular flexibility index (Phi) is 3.27. The summed E-state index contributed by atoms with van der Waals surface area (Å²) in [6, 6.07) is 0.756. The summed E-state index contributed by atoms with van der Waals surface area (Å²) >= 11 is 0. The molecule has 0 aliphatic carbocycles. The van der Waals surface area contributed by atoms with Crippen molar-refractivity contribution in [2.45, 2.75) is 12.5 Å². The molecule has 19 heavy (non-hydrogen) atoms. The number of rotatable bonds is 3. The Balaban J connectivity index is 2.20. The van der Waals surface area contributed by atoms with Crippen LogP contribution in [0.25, 0.3) is 0 Å². The zero-order valence-electron chi connectivity index (χ0n) is 9.75. The third kappa shape index (κ3) is 2.76. The summed E-state index contributed by atoms with van der Waals surface area (Å²) in [5.41, 5.74) is 4.82. The van der Waals surface area contributed by atoms with Gasteiger partial charge in [0.05, 0.1) is 11.0 Å². The van der Waals surface area contributed by atoms with E-state index in [4.69, 9.17) is 5.73 Å². The van der Waals surface area contributed by atoms with Gasteiger partial charge in [-0.15, -0.1) is 0 Å². The number of nitro groups is 1. The second-order valence-corrected chi connectivity index (χ2v) is 4.06. The fourth-order valence-electron chi connectivity index (χ4n) is 1.76. The molecule has 0 bridgehead atoms. The number of hydrogen-bond donors (Lipinski definition) is 3. The summed E-state index contributed by atoms with van der Waals surface area (Å²) in [5, 5.41) is 15.9. The fourth-order valence-corrected chi connectivity index (χ4v) is 1.76. The molecule has 1 aliphatic heterocycles. The van der Waals surface area contributed by atoms with E-state index in [0.717, 1.165) is 12.3 Å². The Hall–Kier alpha value is -2.71. The minimum absolute atomic E-state index is 0.0105. The number of nitrogens with one attached hydrogen (secondary N) is 2. The van der Waals surface area contributed by atoms with Gasteiger partial charge in [0.2, 0.25) is 5.91 Å². The van der Waals surface area contributed by atoms with Gasteiger partial charge in [-0.05, 0) is 6.07 Å². The van der Waals surface area contributed by atoms with Gasteiger partial charge in [0.15, 0.2) is 0 Å². The molecule has 1 aliphatic rings. The van der Waals surface area contributed by atoms with Crippen molar-refractivity contribution >= 4 is 23.3 Å². The van der Waals surface area contributed by atoms with Crippen LogP contribution in [-0.2, 0) is 4.79 Å². The first-order chi connectivity index (χ1) is 8.97. The van der Waals surface area contributed by atoms with Gasteiger partial charge in [-0.2, -0.15) is 0 Å². The molecule has 0 radical (unpaired) electrons. The Labute approximate surface area is 107 Å². The van der Waals surface area contributed by atoms with Gasteiger partial charge in [0.1, 0.15) is 17.6 Å². The third-order valence-corrected chi connectivity index (χ3v) is 2.66. The number of amides is 2. The van der Waals surface area contributed by atoms with Crippen molar-refractivity contribution in [3.63, 3.8) is 0 Å². The molecule has 0 aromatic carbocycles. The molecule has 1 aromatic heterocycles. The Morgan fingerprint density at radius 2 is 2.37 bits per heavy atom. The number of aromatic nitrogens is 1. The van der Waals surface area contributed by atoms with E-state index in [0.29, 0.717) is 6.54 Å². The molecule has 1 aromatic rings. The van der Waals surface area contributed by atoms with Crippen LogP contribution >= 0.6 is 0 Å².